The van der Waals surface area contributed by atoms with Crippen LogP contribution in [0.25, 0.3) is 94.3 Å². The average molecular weight is 870 g/mol. The molecule has 0 amide bonds. The molecular formula is C67H51N. The van der Waals surface area contributed by atoms with E-state index in [0.29, 0.717) is 5.92 Å². The van der Waals surface area contributed by atoms with Crippen LogP contribution in [-0.4, -0.2) is 4.57 Å². The normalized spacial score (nSPS) is 14.4. The van der Waals surface area contributed by atoms with E-state index in [0.717, 1.165) is 19.3 Å². The van der Waals surface area contributed by atoms with Gasteiger partial charge >= 0.3 is 0 Å². The standard InChI is InChI=1S/C67H51N/c1-67(2)63-37-44(23-25-53-38-54-27-26-49(45-15-7-3-8-16-45)39-59(54)60-40-50(28-33-56(53)60)46-17-9-4-10-18-46)24-32-57(63)58-34-31-55(43-64(58)67)68-65-35-29-51(47-19-11-5-12-20-47)41-61(65)62-42-52(30-36-66(62)68)48-21-13-6-14-22-48/h3-22,24,26-37,39-43,53H,23,25,38H2,1-2H3. The highest BCUT2D eigenvalue weighted by atomic mass is 15.0. The summed E-state index contributed by atoms with van der Waals surface area (Å²) in [6, 6.07) is 86.1. The maximum Gasteiger partial charge on any atom is 0.0541 e. The first kappa shape index (κ1) is 40.3. The topological polar surface area (TPSA) is 4.93 Å². The van der Waals surface area contributed by atoms with E-state index >= 15 is 0 Å². The third-order valence-electron chi connectivity index (χ3n) is 15.3. The number of hydrogen-bond acceptors (Lipinski definition) is 0. The van der Waals surface area contributed by atoms with Gasteiger partial charge in [-0.2, -0.15) is 0 Å². The Balaban J connectivity index is 0.834. The fourth-order valence-corrected chi connectivity index (χ4v) is 11.7. The predicted octanol–water partition coefficient (Wildman–Crippen LogP) is 17.7. The zero-order chi connectivity index (χ0) is 45.3. The van der Waals surface area contributed by atoms with Crippen LogP contribution in [-0.2, 0) is 18.3 Å². The van der Waals surface area contributed by atoms with Crippen molar-refractivity contribution in [2.24, 2.45) is 0 Å². The SMILES string of the molecule is CC1(C)c2cc(CCC3Cc4ccc(-c5ccccc5)cc4-c4cc(-c5ccccc5)ccc43)ccc2-c2ccc(-n3c4ccc(-c5ccccc5)cc4c4cc(-c5ccccc5)ccc43)cc21. The van der Waals surface area contributed by atoms with Gasteiger partial charge in [-0.15, -0.1) is 0 Å². The van der Waals surface area contributed by atoms with Gasteiger partial charge in [-0.05, 0) is 168 Å². The monoisotopic (exact) mass is 869 g/mol. The fraction of sp³-hybridized carbons (Fsp3) is 0.104. The van der Waals surface area contributed by atoms with Crippen molar-refractivity contribution in [3.63, 3.8) is 0 Å². The molecule has 1 nitrogen and oxygen atoms in total. The average Bonchev–Trinajstić information content (AvgIpc) is 3.85. The molecule has 1 heterocycles. The van der Waals surface area contributed by atoms with Crippen LogP contribution in [0.3, 0.4) is 0 Å². The first-order chi connectivity index (χ1) is 33.4. The molecule has 2 aliphatic carbocycles. The van der Waals surface area contributed by atoms with Crippen LogP contribution in [0.4, 0.5) is 0 Å². The number of rotatable bonds is 8. The van der Waals surface area contributed by atoms with Crippen molar-refractivity contribution in [2.45, 2.75) is 44.4 Å². The number of hydrogen-bond donors (Lipinski definition) is 0. The molecule has 1 heteroatoms. The van der Waals surface area contributed by atoms with Gasteiger partial charge in [0.1, 0.15) is 0 Å². The number of benzene rings is 10. The largest absolute Gasteiger partial charge is 0.309 e. The molecule has 0 saturated heterocycles. The molecule has 2 aliphatic rings. The summed E-state index contributed by atoms with van der Waals surface area (Å²) < 4.78 is 2.49. The van der Waals surface area contributed by atoms with Crippen LogP contribution >= 0.6 is 0 Å². The van der Waals surface area contributed by atoms with Crippen LogP contribution in [0.15, 0.2) is 231 Å². The molecule has 11 aromatic rings. The van der Waals surface area contributed by atoms with E-state index in [2.05, 4.69) is 249 Å². The molecule has 324 valence electrons. The first-order valence-corrected chi connectivity index (χ1v) is 24.3. The first-order valence-electron chi connectivity index (χ1n) is 24.3. The van der Waals surface area contributed by atoms with E-state index in [9.17, 15) is 0 Å². The lowest BCUT2D eigenvalue weighted by molar-refractivity contribution is 0.613. The summed E-state index contributed by atoms with van der Waals surface area (Å²) in [5.74, 6) is 0.435. The van der Waals surface area contributed by atoms with Gasteiger partial charge in [-0.1, -0.05) is 196 Å². The summed E-state index contributed by atoms with van der Waals surface area (Å²) in [5, 5.41) is 2.54. The summed E-state index contributed by atoms with van der Waals surface area (Å²) in [4.78, 5) is 0. The Kier molecular flexibility index (Phi) is 9.54. The van der Waals surface area contributed by atoms with Crippen molar-refractivity contribution in [3.8, 4) is 72.4 Å². The lowest BCUT2D eigenvalue weighted by Crippen LogP contribution is -2.16. The highest BCUT2D eigenvalue weighted by Gasteiger charge is 2.36. The maximum atomic E-state index is 2.54. The zero-order valence-electron chi connectivity index (χ0n) is 38.6. The number of aromatic nitrogens is 1. The van der Waals surface area contributed by atoms with Crippen LogP contribution in [0.2, 0.25) is 0 Å². The van der Waals surface area contributed by atoms with E-state index < -0.39 is 0 Å². The Hall–Kier alpha value is -8.00. The third-order valence-corrected chi connectivity index (χ3v) is 15.3. The quantitative estimate of drug-likeness (QED) is 0.143. The van der Waals surface area contributed by atoms with Crippen molar-refractivity contribution < 1.29 is 0 Å². The molecule has 0 N–H and O–H groups in total. The molecule has 68 heavy (non-hydrogen) atoms. The van der Waals surface area contributed by atoms with Gasteiger partial charge in [0.2, 0.25) is 0 Å². The van der Waals surface area contributed by atoms with Crippen LogP contribution in [0.1, 0.15) is 54.0 Å². The molecule has 1 atom stereocenters. The Labute approximate surface area is 399 Å². The van der Waals surface area contributed by atoms with Crippen molar-refractivity contribution >= 4 is 21.8 Å². The second-order valence-corrected chi connectivity index (χ2v) is 19.6. The molecule has 1 aromatic heterocycles. The van der Waals surface area contributed by atoms with Crippen molar-refractivity contribution in [3.05, 3.63) is 258 Å². The van der Waals surface area contributed by atoms with Crippen LogP contribution in [0, 0.1) is 0 Å². The summed E-state index contributed by atoms with van der Waals surface area (Å²) in [6.45, 7) is 4.86. The van der Waals surface area contributed by atoms with E-state index in [4.69, 9.17) is 0 Å². The summed E-state index contributed by atoms with van der Waals surface area (Å²) in [5.41, 5.74) is 26.1. The van der Waals surface area contributed by atoms with Gasteiger partial charge in [-0.3, -0.25) is 0 Å². The van der Waals surface area contributed by atoms with Crippen molar-refractivity contribution in [1.82, 2.24) is 4.57 Å². The lowest BCUT2D eigenvalue weighted by Gasteiger charge is -2.29. The summed E-state index contributed by atoms with van der Waals surface area (Å²) in [7, 11) is 0. The van der Waals surface area contributed by atoms with Gasteiger partial charge in [0.05, 0.1) is 11.0 Å². The second-order valence-electron chi connectivity index (χ2n) is 19.6. The van der Waals surface area contributed by atoms with Crippen LogP contribution < -0.4 is 0 Å². The third kappa shape index (κ3) is 6.76. The van der Waals surface area contributed by atoms with E-state index in [1.54, 1.807) is 0 Å². The molecule has 13 rings (SSSR count). The number of aryl methyl sites for hydroxylation is 1. The van der Waals surface area contributed by atoms with Gasteiger partial charge in [0, 0.05) is 21.9 Å². The Morgan fingerprint density at radius 2 is 0.868 bits per heavy atom. The molecule has 0 radical (unpaired) electrons. The number of nitrogens with zero attached hydrogens (tertiary/aromatic N) is 1. The highest BCUT2D eigenvalue weighted by Crippen LogP contribution is 2.51. The zero-order valence-corrected chi connectivity index (χ0v) is 38.6. The molecule has 0 saturated carbocycles. The maximum absolute atomic E-state index is 2.54. The minimum atomic E-state index is -0.156. The van der Waals surface area contributed by atoms with Gasteiger partial charge in [0.25, 0.3) is 0 Å². The van der Waals surface area contributed by atoms with E-state index in [1.165, 1.54) is 122 Å². The van der Waals surface area contributed by atoms with Crippen LogP contribution in [0.5, 0.6) is 0 Å². The van der Waals surface area contributed by atoms with Crippen molar-refractivity contribution in [1.29, 1.82) is 0 Å². The Bertz CT molecular complexity index is 3610. The minimum absolute atomic E-state index is 0.156. The lowest BCUT2D eigenvalue weighted by atomic mass is 9.75. The molecule has 0 bridgehead atoms. The smallest absolute Gasteiger partial charge is 0.0541 e. The summed E-state index contributed by atoms with van der Waals surface area (Å²) in [6.07, 6.45) is 3.18. The molecule has 0 spiro atoms. The molecule has 1 unspecified atom stereocenters. The van der Waals surface area contributed by atoms with Gasteiger partial charge < -0.3 is 4.57 Å². The minimum Gasteiger partial charge on any atom is -0.309 e. The van der Waals surface area contributed by atoms with E-state index in [-0.39, 0.29) is 5.41 Å². The predicted molar refractivity (Wildman–Crippen MR) is 287 cm³/mol. The molecule has 0 aliphatic heterocycles. The van der Waals surface area contributed by atoms with E-state index in [1.807, 2.05) is 0 Å². The second kappa shape index (κ2) is 16.1. The fourth-order valence-electron chi connectivity index (χ4n) is 11.7. The Morgan fingerprint density at radius 3 is 1.43 bits per heavy atom. The van der Waals surface area contributed by atoms with Crippen molar-refractivity contribution in [2.75, 3.05) is 0 Å². The summed E-state index contributed by atoms with van der Waals surface area (Å²) >= 11 is 0. The highest BCUT2D eigenvalue weighted by molar-refractivity contribution is 6.11. The number of fused-ring (bicyclic) bond motifs is 9. The molecular weight excluding hydrogens is 819 g/mol. The van der Waals surface area contributed by atoms with Gasteiger partial charge in [0.15, 0.2) is 0 Å². The molecule has 10 aromatic carbocycles. The molecule has 0 fully saturated rings. The Morgan fingerprint density at radius 1 is 0.397 bits per heavy atom. The van der Waals surface area contributed by atoms with Gasteiger partial charge in [-0.25, -0.2) is 0 Å².